The van der Waals surface area contributed by atoms with Gasteiger partial charge >= 0.3 is 0 Å². The molecule has 1 saturated heterocycles. The fraction of sp³-hybridized carbons (Fsp3) is 0.444. The summed E-state index contributed by atoms with van der Waals surface area (Å²) < 4.78 is 0. The first-order valence-corrected chi connectivity index (χ1v) is 7.88. The average molecular weight is 313 g/mol. The third-order valence-electron chi connectivity index (χ3n) is 4.08. The van der Waals surface area contributed by atoms with Crippen LogP contribution in [0, 0.1) is 18.3 Å². The molecule has 2 rings (SSSR count). The van der Waals surface area contributed by atoms with E-state index in [-0.39, 0.29) is 23.8 Å². The third kappa shape index (κ3) is 4.57. The Balaban J connectivity index is 2.04. The van der Waals surface area contributed by atoms with Gasteiger partial charge in [-0.2, -0.15) is 0 Å². The SMILES string of the molecule is C#CCN[C@H](c1ccccc1)[C@H]1CCN(CCNC(C)=O)C1=O. The highest BCUT2D eigenvalue weighted by molar-refractivity contribution is 5.82. The molecule has 1 aliphatic rings. The van der Waals surface area contributed by atoms with E-state index >= 15 is 0 Å². The monoisotopic (exact) mass is 313 g/mol. The fourth-order valence-electron chi connectivity index (χ4n) is 2.98. The standard InChI is InChI=1S/C18H23N3O2/c1-3-10-20-17(15-7-5-4-6-8-15)16-9-12-21(18(16)23)13-11-19-14(2)22/h1,4-8,16-17,20H,9-13H2,2H3,(H,19,22)/t16-,17-/m1/s1. The lowest BCUT2D eigenvalue weighted by Crippen LogP contribution is -2.38. The molecule has 0 radical (unpaired) electrons. The Morgan fingerprint density at radius 1 is 1.43 bits per heavy atom. The normalized spacial score (nSPS) is 18.5. The van der Waals surface area contributed by atoms with Crippen LogP contribution in [0.1, 0.15) is 24.9 Å². The topological polar surface area (TPSA) is 61.4 Å². The molecule has 0 aromatic heterocycles. The first kappa shape index (κ1) is 17.0. The molecule has 2 N–H and O–H groups in total. The maximum Gasteiger partial charge on any atom is 0.227 e. The molecule has 0 unspecified atom stereocenters. The minimum Gasteiger partial charge on any atom is -0.355 e. The van der Waals surface area contributed by atoms with Crippen molar-refractivity contribution in [1.82, 2.24) is 15.5 Å². The minimum absolute atomic E-state index is 0.0777. The van der Waals surface area contributed by atoms with Crippen LogP contribution in [-0.4, -0.2) is 42.9 Å². The molecule has 5 nitrogen and oxygen atoms in total. The van der Waals surface area contributed by atoms with E-state index in [2.05, 4.69) is 16.6 Å². The smallest absolute Gasteiger partial charge is 0.227 e. The Hall–Kier alpha value is -2.32. The highest BCUT2D eigenvalue weighted by Gasteiger charge is 2.37. The summed E-state index contributed by atoms with van der Waals surface area (Å²) in [6.45, 7) is 3.65. The van der Waals surface area contributed by atoms with Gasteiger partial charge in [0.25, 0.3) is 0 Å². The Morgan fingerprint density at radius 3 is 2.83 bits per heavy atom. The number of rotatable bonds is 7. The molecule has 1 aliphatic heterocycles. The summed E-state index contributed by atoms with van der Waals surface area (Å²) in [5.41, 5.74) is 1.07. The summed E-state index contributed by atoms with van der Waals surface area (Å²) >= 11 is 0. The molecule has 2 amide bonds. The quantitative estimate of drug-likeness (QED) is 0.736. The van der Waals surface area contributed by atoms with Gasteiger partial charge in [-0.3, -0.25) is 14.9 Å². The zero-order valence-corrected chi connectivity index (χ0v) is 13.4. The number of likely N-dealkylation sites (tertiary alicyclic amines) is 1. The van der Waals surface area contributed by atoms with E-state index in [1.165, 1.54) is 6.92 Å². The number of hydrogen-bond donors (Lipinski definition) is 2. The lowest BCUT2D eigenvalue weighted by Gasteiger charge is -2.24. The number of nitrogens with zero attached hydrogens (tertiary/aromatic N) is 1. The van der Waals surface area contributed by atoms with Gasteiger partial charge < -0.3 is 10.2 Å². The van der Waals surface area contributed by atoms with Crippen molar-refractivity contribution in [2.24, 2.45) is 5.92 Å². The molecule has 1 fully saturated rings. The minimum atomic E-state index is -0.122. The van der Waals surface area contributed by atoms with Crippen molar-refractivity contribution in [2.45, 2.75) is 19.4 Å². The number of carbonyl (C=O) groups excluding carboxylic acids is 2. The van der Waals surface area contributed by atoms with Gasteiger partial charge in [-0.25, -0.2) is 0 Å². The molecule has 1 aromatic carbocycles. The van der Waals surface area contributed by atoms with E-state index < -0.39 is 0 Å². The number of benzene rings is 1. The van der Waals surface area contributed by atoms with Crippen molar-refractivity contribution in [3.63, 3.8) is 0 Å². The van der Waals surface area contributed by atoms with E-state index in [1.807, 2.05) is 35.2 Å². The molecule has 1 aromatic rings. The summed E-state index contributed by atoms with van der Waals surface area (Å²) in [6, 6.07) is 9.84. The van der Waals surface area contributed by atoms with Crippen LogP contribution in [0.3, 0.4) is 0 Å². The fourth-order valence-corrected chi connectivity index (χ4v) is 2.98. The van der Waals surface area contributed by atoms with Gasteiger partial charge in [0, 0.05) is 32.6 Å². The van der Waals surface area contributed by atoms with Crippen molar-refractivity contribution >= 4 is 11.8 Å². The summed E-state index contributed by atoms with van der Waals surface area (Å²) in [6.07, 6.45) is 6.15. The zero-order valence-electron chi connectivity index (χ0n) is 13.4. The lowest BCUT2D eigenvalue weighted by atomic mass is 9.91. The maximum atomic E-state index is 12.7. The summed E-state index contributed by atoms with van der Waals surface area (Å²) in [5, 5.41) is 6.03. The molecule has 23 heavy (non-hydrogen) atoms. The van der Waals surface area contributed by atoms with Crippen molar-refractivity contribution < 1.29 is 9.59 Å². The van der Waals surface area contributed by atoms with E-state index in [0.717, 1.165) is 12.0 Å². The molecular weight excluding hydrogens is 290 g/mol. The van der Waals surface area contributed by atoms with Gasteiger partial charge in [-0.05, 0) is 12.0 Å². The van der Waals surface area contributed by atoms with Crippen molar-refractivity contribution in [2.75, 3.05) is 26.2 Å². The Kier molecular flexibility index (Phi) is 6.19. The van der Waals surface area contributed by atoms with Crippen LogP contribution in [0.2, 0.25) is 0 Å². The van der Waals surface area contributed by atoms with Crippen LogP contribution < -0.4 is 10.6 Å². The van der Waals surface area contributed by atoms with E-state index in [4.69, 9.17) is 6.42 Å². The number of amides is 2. The molecule has 0 spiro atoms. The Labute approximate surface area is 137 Å². The zero-order chi connectivity index (χ0) is 16.7. The van der Waals surface area contributed by atoms with Gasteiger partial charge in [0.15, 0.2) is 0 Å². The van der Waals surface area contributed by atoms with Gasteiger partial charge in [0.2, 0.25) is 11.8 Å². The van der Waals surface area contributed by atoms with Crippen molar-refractivity contribution in [1.29, 1.82) is 0 Å². The number of hydrogen-bond acceptors (Lipinski definition) is 3. The van der Waals surface area contributed by atoms with E-state index in [0.29, 0.717) is 26.2 Å². The van der Waals surface area contributed by atoms with Crippen LogP contribution in [0.5, 0.6) is 0 Å². The lowest BCUT2D eigenvalue weighted by molar-refractivity contribution is -0.132. The molecule has 0 bridgehead atoms. The van der Waals surface area contributed by atoms with Crippen LogP contribution in [0.4, 0.5) is 0 Å². The number of nitrogens with one attached hydrogen (secondary N) is 2. The molecule has 0 aliphatic carbocycles. The summed E-state index contributed by atoms with van der Waals surface area (Å²) in [4.78, 5) is 25.4. The molecule has 2 atom stereocenters. The maximum absolute atomic E-state index is 12.7. The van der Waals surface area contributed by atoms with Crippen LogP contribution in [0.15, 0.2) is 30.3 Å². The molecule has 0 saturated carbocycles. The first-order valence-electron chi connectivity index (χ1n) is 7.88. The second kappa shape index (κ2) is 8.35. The Bertz CT molecular complexity index is 580. The highest BCUT2D eigenvalue weighted by atomic mass is 16.2. The predicted octanol–water partition coefficient (Wildman–Crippen LogP) is 0.935. The van der Waals surface area contributed by atoms with Crippen LogP contribution in [-0.2, 0) is 9.59 Å². The second-order valence-corrected chi connectivity index (χ2v) is 5.68. The molecular formula is C18H23N3O2. The van der Waals surface area contributed by atoms with E-state index in [9.17, 15) is 9.59 Å². The van der Waals surface area contributed by atoms with Crippen LogP contribution >= 0.6 is 0 Å². The van der Waals surface area contributed by atoms with Crippen molar-refractivity contribution in [3.05, 3.63) is 35.9 Å². The third-order valence-corrected chi connectivity index (χ3v) is 4.08. The summed E-state index contributed by atoms with van der Waals surface area (Å²) in [7, 11) is 0. The Morgan fingerprint density at radius 2 is 2.17 bits per heavy atom. The molecule has 122 valence electrons. The van der Waals surface area contributed by atoms with Gasteiger partial charge in [0.1, 0.15) is 0 Å². The average Bonchev–Trinajstić information content (AvgIpc) is 2.90. The first-order chi connectivity index (χ1) is 11.1. The second-order valence-electron chi connectivity index (χ2n) is 5.68. The molecule has 5 heteroatoms. The van der Waals surface area contributed by atoms with E-state index in [1.54, 1.807) is 0 Å². The highest BCUT2D eigenvalue weighted by Crippen LogP contribution is 2.31. The number of carbonyl (C=O) groups is 2. The van der Waals surface area contributed by atoms with Gasteiger partial charge in [-0.1, -0.05) is 36.3 Å². The van der Waals surface area contributed by atoms with Gasteiger partial charge in [0.05, 0.1) is 12.5 Å². The van der Waals surface area contributed by atoms with Gasteiger partial charge in [-0.15, -0.1) is 6.42 Å². The van der Waals surface area contributed by atoms with Crippen molar-refractivity contribution in [3.8, 4) is 12.3 Å². The van der Waals surface area contributed by atoms with Crippen LogP contribution in [0.25, 0.3) is 0 Å². The largest absolute Gasteiger partial charge is 0.355 e. The number of terminal acetylenes is 1. The summed E-state index contributed by atoms with van der Waals surface area (Å²) in [5.74, 6) is 2.50. The predicted molar refractivity (Wildman–Crippen MR) is 89.4 cm³/mol. The molecule has 1 heterocycles.